The number of piperazine rings is 1. The van der Waals surface area contributed by atoms with E-state index in [-0.39, 0.29) is 11.9 Å². The van der Waals surface area contributed by atoms with Gasteiger partial charge in [-0.3, -0.25) is 4.90 Å². The molecule has 4 rings (SSSR count). The fourth-order valence-electron chi connectivity index (χ4n) is 4.14. The van der Waals surface area contributed by atoms with E-state index in [9.17, 15) is 9.50 Å². The molecule has 2 atom stereocenters. The molecule has 3 aromatic rings. The van der Waals surface area contributed by atoms with Gasteiger partial charge in [0.25, 0.3) is 0 Å². The van der Waals surface area contributed by atoms with Crippen LogP contribution in [0.3, 0.4) is 0 Å². The quantitative estimate of drug-likeness (QED) is 0.528. The zero-order valence-corrected chi connectivity index (χ0v) is 18.8. The van der Waals surface area contributed by atoms with Crippen LogP contribution in [0, 0.1) is 17.1 Å². The largest absolute Gasteiger partial charge is 0.387 e. The van der Waals surface area contributed by atoms with Crippen molar-refractivity contribution >= 4 is 28.9 Å². The van der Waals surface area contributed by atoms with Gasteiger partial charge in [0.05, 0.1) is 34.5 Å². The molecule has 1 aliphatic heterocycles. The van der Waals surface area contributed by atoms with E-state index >= 15 is 0 Å². The second-order valence-electron chi connectivity index (χ2n) is 7.87. The third-order valence-electron chi connectivity index (χ3n) is 5.77. The van der Waals surface area contributed by atoms with Gasteiger partial charge in [0.1, 0.15) is 5.82 Å². The average Bonchev–Trinajstić information content (AvgIpc) is 2.79. The van der Waals surface area contributed by atoms with Crippen molar-refractivity contribution in [2.75, 3.05) is 31.1 Å². The summed E-state index contributed by atoms with van der Waals surface area (Å²) in [5, 5.41) is 21.0. The Morgan fingerprint density at radius 1 is 1.06 bits per heavy atom. The minimum absolute atomic E-state index is 0.0360. The van der Waals surface area contributed by atoms with Gasteiger partial charge in [0.15, 0.2) is 0 Å². The van der Waals surface area contributed by atoms with E-state index in [1.54, 1.807) is 24.3 Å². The van der Waals surface area contributed by atoms with Gasteiger partial charge in [-0.1, -0.05) is 47.5 Å². The molecule has 0 amide bonds. The Labute approximate surface area is 197 Å². The van der Waals surface area contributed by atoms with E-state index < -0.39 is 6.10 Å². The van der Waals surface area contributed by atoms with Crippen LogP contribution in [0.25, 0.3) is 0 Å². The van der Waals surface area contributed by atoms with Crippen molar-refractivity contribution in [2.45, 2.75) is 12.1 Å². The summed E-state index contributed by atoms with van der Waals surface area (Å²) in [4.78, 5) is 4.39. The Morgan fingerprint density at radius 3 is 2.53 bits per heavy atom. The molecule has 0 bridgehead atoms. The summed E-state index contributed by atoms with van der Waals surface area (Å²) in [5.41, 5.74) is 3.00. The van der Waals surface area contributed by atoms with Gasteiger partial charge in [-0.25, -0.2) is 4.39 Å². The van der Waals surface area contributed by atoms with Gasteiger partial charge in [-0.05, 0) is 53.6 Å². The number of nitrogens with zero attached hydrogens (tertiary/aromatic N) is 3. The number of aliphatic hydroxyl groups is 1. The highest BCUT2D eigenvalue weighted by atomic mass is 35.5. The van der Waals surface area contributed by atoms with Gasteiger partial charge in [0.2, 0.25) is 0 Å². The molecule has 4 nitrogen and oxygen atoms in total. The fourth-order valence-corrected chi connectivity index (χ4v) is 4.55. The first kappa shape index (κ1) is 22.6. The Balaban J connectivity index is 1.59. The molecule has 1 unspecified atom stereocenters. The van der Waals surface area contributed by atoms with Crippen LogP contribution < -0.4 is 4.90 Å². The predicted octanol–water partition coefficient (Wildman–Crippen LogP) is 5.60. The first-order valence-corrected chi connectivity index (χ1v) is 11.1. The van der Waals surface area contributed by atoms with E-state index in [2.05, 4.69) is 15.9 Å². The van der Waals surface area contributed by atoms with Crippen LogP contribution in [0.2, 0.25) is 10.0 Å². The molecule has 1 aliphatic rings. The molecule has 1 fully saturated rings. The Morgan fingerprint density at radius 2 is 1.84 bits per heavy atom. The first-order valence-electron chi connectivity index (χ1n) is 10.3. The Kier molecular flexibility index (Phi) is 6.98. The fraction of sp³-hybridized carbons (Fsp3) is 0.240. The highest BCUT2D eigenvalue weighted by molar-refractivity contribution is 6.33. The van der Waals surface area contributed by atoms with E-state index in [4.69, 9.17) is 28.5 Å². The van der Waals surface area contributed by atoms with Gasteiger partial charge in [-0.2, -0.15) is 5.26 Å². The van der Waals surface area contributed by atoms with Crippen LogP contribution in [0.5, 0.6) is 0 Å². The predicted molar refractivity (Wildman–Crippen MR) is 126 cm³/mol. The van der Waals surface area contributed by atoms with E-state index in [1.807, 2.05) is 30.3 Å². The zero-order chi connectivity index (χ0) is 22.7. The van der Waals surface area contributed by atoms with Crippen LogP contribution in [0.15, 0.2) is 66.7 Å². The third kappa shape index (κ3) is 5.06. The smallest absolute Gasteiger partial charge is 0.123 e. The number of halogens is 3. The molecule has 0 spiro atoms. The van der Waals surface area contributed by atoms with Crippen molar-refractivity contribution in [3.8, 4) is 6.07 Å². The molecule has 32 heavy (non-hydrogen) atoms. The summed E-state index contributed by atoms with van der Waals surface area (Å²) in [5.74, 6) is -0.360. The lowest BCUT2D eigenvalue weighted by Gasteiger charge is -2.44. The van der Waals surface area contributed by atoms with Crippen molar-refractivity contribution in [3.05, 3.63) is 99.3 Å². The van der Waals surface area contributed by atoms with Gasteiger partial charge in [-0.15, -0.1) is 0 Å². The van der Waals surface area contributed by atoms with Crippen LogP contribution in [-0.4, -0.2) is 36.2 Å². The number of anilines is 1. The van der Waals surface area contributed by atoms with Crippen LogP contribution in [-0.2, 0) is 0 Å². The van der Waals surface area contributed by atoms with Crippen molar-refractivity contribution in [3.63, 3.8) is 0 Å². The number of hydrogen-bond donors (Lipinski definition) is 1. The molecule has 164 valence electrons. The molecule has 7 heteroatoms. The number of benzene rings is 3. The topological polar surface area (TPSA) is 50.5 Å². The lowest BCUT2D eigenvalue weighted by molar-refractivity contribution is 0.100. The minimum atomic E-state index is -0.790. The number of nitriles is 1. The zero-order valence-electron chi connectivity index (χ0n) is 17.3. The Hall–Kier alpha value is -2.62. The van der Waals surface area contributed by atoms with Gasteiger partial charge in [0, 0.05) is 31.2 Å². The van der Waals surface area contributed by atoms with E-state index in [0.29, 0.717) is 47.4 Å². The van der Waals surface area contributed by atoms with Gasteiger partial charge >= 0.3 is 0 Å². The second kappa shape index (κ2) is 9.89. The molecule has 1 heterocycles. The molecule has 0 saturated carbocycles. The maximum absolute atomic E-state index is 13.6. The summed E-state index contributed by atoms with van der Waals surface area (Å²) in [6.07, 6.45) is -0.790. The lowest BCUT2D eigenvalue weighted by atomic mass is 10.00. The number of rotatable bonds is 5. The van der Waals surface area contributed by atoms with E-state index in [1.165, 1.54) is 12.1 Å². The second-order valence-corrected chi connectivity index (χ2v) is 8.71. The summed E-state index contributed by atoms with van der Waals surface area (Å²) in [7, 11) is 0. The van der Waals surface area contributed by atoms with Crippen molar-refractivity contribution in [1.82, 2.24) is 4.90 Å². The maximum atomic E-state index is 13.6. The molecule has 3 aromatic carbocycles. The SMILES string of the molecule is N#Cc1ccc(N2CCN(CC(O)c3cccc(F)c3)C[C@H]2c2ccc(Cl)cc2)c(Cl)c1. The first-order chi connectivity index (χ1) is 15.4. The van der Waals surface area contributed by atoms with Crippen molar-refractivity contribution in [2.24, 2.45) is 0 Å². The van der Waals surface area contributed by atoms with Crippen molar-refractivity contribution < 1.29 is 9.50 Å². The van der Waals surface area contributed by atoms with Crippen molar-refractivity contribution in [1.29, 1.82) is 5.26 Å². The highest BCUT2D eigenvalue weighted by Crippen LogP contribution is 2.36. The standard InChI is InChI=1S/C25H22Cl2FN3O/c26-20-7-5-18(6-8-20)24-15-30(16-25(32)19-2-1-3-21(28)13-19)10-11-31(24)23-9-4-17(14-29)12-22(23)27/h1-9,12-13,24-25,32H,10-11,15-16H2/t24-,25?/m0/s1. The molecule has 0 radical (unpaired) electrons. The minimum Gasteiger partial charge on any atom is -0.387 e. The highest BCUT2D eigenvalue weighted by Gasteiger charge is 2.30. The monoisotopic (exact) mass is 469 g/mol. The molecule has 1 saturated heterocycles. The van der Waals surface area contributed by atoms with Crippen LogP contribution in [0.1, 0.15) is 28.8 Å². The molecular weight excluding hydrogens is 448 g/mol. The summed E-state index contributed by atoms with van der Waals surface area (Å²) in [6, 6.07) is 21.2. The number of hydrogen-bond acceptors (Lipinski definition) is 4. The molecule has 0 aliphatic carbocycles. The van der Waals surface area contributed by atoms with Crippen LogP contribution >= 0.6 is 23.2 Å². The number of β-amino-alcohol motifs (C(OH)–C–C–N with tert-alkyl or cyclic N) is 1. The summed E-state index contributed by atoms with van der Waals surface area (Å²) < 4.78 is 13.6. The molecule has 0 aromatic heterocycles. The molecular formula is C25H22Cl2FN3O. The summed E-state index contributed by atoms with van der Waals surface area (Å²) >= 11 is 12.6. The Bertz CT molecular complexity index is 1130. The van der Waals surface area contributed by atoms with Crippen LogP contribution in [0.4, 0.5) is 10.1 Å². The third-order valence-corrected chi connectivity index (χ3v) is 6.32. The number of aliphatic hydroxyl groups excluding tert-OH is 1. The lowest BCUT2D eigenvalue weighted by Crippen LogP contribution is -2.49. The van der Waals surface area contributed by atoms with Gasteiger partial charge < -0.3 is 10.0 Å². The average molecular weight is 470 g/mol. The summed E-state index contributed by atoms with van der Waals surface area (Å²) in [6.45, 7) is 2.41. The molecule has 1 N–H and O–H groups in total. The maximum Gasteiger partial charge on any atom is 0.123 e. The normalized spacial score (nSPS) is 17.7. The van der Waals surface area contributed by atoms with E-state index in [0.717, 1.165) is 11.3 Å².